The first-order chi connectivity index (χ1) is 12.5. The summed E-state index contributed by atoms with van der Waals surface area (Å²) in [6.45, 7) is 6.79. The number of rotatable bonds is 2. The Morgan fingerprint density at radius 3 is 1.88 bits per heavy atom. The van der Waals surface area contributed by atoms with Crippen molar-refractivity contribution >= 4 is 22.7 Å². The molecule has 0 fully saturated rings. The third-order valence-electron chi connectivity index (χ3n) is 4.61. The molecule has 0 aromatic heterocycles. The van der Waals surface area contributed by atoms with Gasteiger partial charge in [-0.3, -0.25) is 0 Å². The maximum Gasteiger partial charge on any atom is 0.208 e. The second-order valence-corrected chi connectivity index (χ2v) is 10.4. The van der Waals surface area contributed by atoms with Crippen molar-refractivity contribution in [3.05, 3.63) is 72.3 Å². The van der Waals surface area contributed by atoms with Gasteiger partial charge in [-0.15, -0.1) is 0 Å². The molecule has 132 valence electrons. The van der Waals surface area contributed by atoms with E-state index in [-0.39, 0.29) is 16.3 Å². The van der Waals surface area contributed by atoms with Gasteiger partial charge >= 0.3 is 0 Å². The lowest BCUT2D eigenvalue weighted by atomic mass is 9.87. The molecule has 0 bridgehead atoms. The molecule has 0 atom stereocenters. The molecule has 0 N–H and O–H groups in total. The van der Waals surface area contributed by atoms with E-state index in [2.05, 4.69) is 87.5 Å². The van der Waals surface area contributed by atoms with Gasteiger partial charge in [-0.1, -0.05) is 62.9 Å². The zero-order valence-corrected chi connectivity index (χ0v) is 17.2. The van der Waals surface area contributed by atoms with Gasteiger partial charge in [0.2, 0.25) is 4.90 Å². The van der Waals surface area contributed by atoms with E-state index in [4.69, 9.17) is 4.74 Å². The molecule has 1 aliphatic rings. The fourth-order valence-electron chi connectivity index (χ4n) is 3.18. The van der Waals surface area contributed by atoms with Crippen LogP contribution in [0.5, 0.6) is 5.75 Å². The van der Waals surface area contributed by atoms with Crippen molar-refractivity contribution in [1.29, 1.82) is 0 Å². The summed E-state index contributed by atoms with van der Waals surface area (Å²) in [4.78, 5) is 6.75. The lowest BCUT2D eigenvalue weighted by molar-refractivity contribution is 0.403. The fraction of sp³-hybridized carbons (Fsp3) is 0.217. The van der Waals surface area contributed by atoms with Crippen molar-refractivity contribution in [3.63, 3.8) is 0 Å². The number of methoxy groups -OCH3 is 1. The molecule has 1 heterocycles. The van der Waals surface area contributed by atoms with Crippen molar-refractivity contribution in [2.24, 2.45) is 0 Å². The van der Waals surface area contributed by atoms with Crippen LogP contribution in [-0.2, 0) is 16.3 Å². The highest BCUT2D eigenvalue weighted by Gasteiger charge is 2.40. The highest BCUT2D eigenvalue weighted by molar-refractivity contribution is 8.04. The lowest BCUT2D eigenvalue weighted by Crippen LogP contribution is -2.15. The topological polar surface area (TPSA) is 9.23 Å². The third-order valence-corrected chi connectivity index (χ3v) is 8.37. The van der Waals surface area contributed by atoms with E-state index in [1.54, 1.807) is 7.11 Å². The second kappa shape index (κ2) is 6.71. The molecule has 0 radical (unpaired) electrons. The summed E-state index contributed by atoms with van der Waals surface area (Å²) in [5.74, 6) is 0.970. The molecule has 4 rings (SSSR count). The molecule has 1 aliphatic heterocycles. The van der Waals surface area contributed by atoms with E-state index in [1.165, 1.54) is 30.0 Å². The van der Waals surface area contributed by atoms with E-state index < -0.39 is 0 Å². The molecule has 0 saturated carbocycles. The first kappa shape index (κ1) is 17.6. The normalized spacial score (nSPS) is 13.8. The van der Waals surface area contributed by atoms with E-state index >= 15 is 0 Å². The van der Waals surface area contributed by atoms with Gasteiger partial charge in [0.1, 0.15) is 10.9 Å². The second-order valence-electron chi connectivity index (χ2n) is 7.42. The van der Waals surface area contributed by atoms with Crippen LogP contribution < -0.4 is 4.74 Å². The predicted molar refractivity (Wildman–Crippen MR) is 111 cm³/mol. The highest BCUT2D eigenvalue weighted by Crippen LogP contribution is 2.50. The average molecular weight is 380 g/mol. The Hall–Kier alpha value is -1.84. The van der Waals surface area contributed by atoms with Gasteiger partial charge in [0.15, 0.2) is 15.5 Å². The maximum atomic E-state index is 5.80. The third kappa shape index (κ3) is 3.04. The summed E-state index contributed by atoms with van der Waals surface area (Å²) in [6.07, 6.45) is 0. The minimum absolute atomic E-state index is 0.105. The Morgan fingerprint density at radius 1 is 0.769 bits per heavy atom. The van der Waals surface area contributed by atoms with Crippen LogP contribution >= 0.6 is 11.8 Å². The highest BCUT2D eigenvalue weighted by atomic mass is 32.2. The number of benzene rings is 3. The van der Waals surface area contributed by atoms with Crippen LogP contribution in [0.2, 0.25) is 0 Å². The van der Waals surface area contributed by atoms with Crippen molar-refractivity contribution in [2.75, 3.05) is 7.11 Å². The van der Waals surface area contributed by atoms with Gasteiger partial charge in [-0.2, -0.15) is 0 Å². The molecule has 1 nitrogen and oxygen atoms in total. The summed E-state index contributed by atoms with van der Waals surface area (Å²) in [5, 5.41) is 0. The largest absolute Gasteiger partial charge is 0.491 e. The molecule has 3 heteroatoms. The van der Waals surface area contributed by atoms with Gasteiger partial charge in [0, 0.05) is 6.07 Å². The number of hydrogen-bond acceptors (Lipinski definition) is 2. The van der Waals surface area contributed by atoms with Crippen LogP contribution in [0, 0.1) is 0 Å². The Kier molecular flexibility index (Phi) is 4.54. The number of hydrogen-bond donors (Lipinski definition) is 0. The van der Waals surface area contributed by atoms with Crippen molar-refractivity contribution in [2.45, 2.75) is 50.7 Å². The van der Waals surface area contributed by atoms with Crippen molar-refractivity contribution < 1.29 is 4.74 Å². The van der Waals surface area contributed by atoms with Gasteiger partial charge in [-0.25, -0.2) is 0 Å². The minimum Gasteiger partial charge on any atom is -0.491 e. The molecule has 0 saturated heterocycles. The standard InChI is InChI=1S/C23H23OS2/c1-23(2,3)16-13-14-17(24-4)22(15-16)26-20-11-7-5-9-18(20)25-19-10-6-8-12-21(19)26/h5-15H,1-4H3/q+1. The molecule has 0 aliphatic carbocycles. The minimum atomic E-state index is -0.160. The van der Waals surface area contributed by atoms with E-state index in [0.717, 1.165) is 5.75 Å². The summed E-state index contributed by atoms with van der Waals surface area (Å²) in [5.41, 5.74) is 1.45. The Morgan fingerprint density at radius 2 is 1.35 bits per heavy atom. The lowest BCUT2D eigenvalue weighted by Gasteiger charge is -2.23. The first-order valence-electron chi connectivity index (χ1n) is 8.78. The van der Waals surface area contributed by atoms with Crippen LogP contribution in [0.4, 0.5) is 0 Å². The monoisotopic (exact) mass is 379 g/mol. The van der Waals surface area contributed by atoms with Gasteiger partial charge in [0.25, 0.3) is 0 Å². The summed E-state index contributed by atoms with van der Waals surface area (Å²) >= 11 is 1.87. The predicted octanol–water partition coefficient (Wildman–Crippen LogP) is 6.55. The van der Waals surface area contributed by atoms with Crippen LogP contribution in [0.1, 0.15) is 26.3 Å². The van der Waals surface area contributed by atoms with Crippen LogP contribution in [0.25, 0.3) is 0 Å². The summed E-state index contributed by atoms with van der Waals surface area (Å²) < 4.78 is 5.80. The number of fused-ring (bicyclic) bond motifs is 2. The quantitative estimate of drug-likeness (QED) is 0.365. The zero-order valence-electron chi connectivity index (χ0n) is 15.6. The molecule has 3 aromatic rings. The van der Waals surface area contributed by atoms with Crippen LogP contribution in [0.15, 0.2) is 91.2 Å². The van der Waals surface area contributed by atoms with E-state index in [0.29, 0.717) is 0 Å². The van der Waals surface area contributed by atoms with Crippen molar-refractivity contribution in [1.82, 2.24) is 0 Å². The average Bonchev–Trinajstić information content (AvgIpc) is 2.65. The van der Waals surface area contributed by atoms with Crippen LogP contribution in [0.3, 0.4) is 0 Å². The molecule has 0 amide bonds. The van der Waals surface area contributed by atoms with E-state index in [1.807, 2.05) is 11.8 Å². The smallest absolute Gasteiger partial charge is 0.208 e. The molecule has 3 aromatic carbocycles. The first-order valence-corrected chi connectivity index (χ1v) is 10.8. The zero-order chi connectivity index (χ0) is 18.3. The van der Waals surface area contributed by atoms with Crippen LogP contribution in [-0.4, -0.2) is 7.11 Å². The SMILES string of the molecule is COc1ccc(C(C)(C)C)cc1[S+]1c2ccccc2Sc2ccccc21. The van der Waals surface area contributed by atoms with E-state index in [9.17, 15) is 0 Å². The maximum absolute atomic E-state index is 5.80. The Labute approximate surface area is 163 Å². The molecule has 0 spiro atoms. The summed E-state index contributed by atoms with van der Waals surface area (Å²) in [6, 6.07) is 24.2. The summed E-state index contributed by atoms with van der Waals surface area (Å²) in [7, 11) is 1.61. The Balaban J connectivity index is 1.99. The molecular weight excluding hydrogens is 356 g/mol. The van der Waals surface area contributed by atoms with Crippen molar-refractivity contribution in [3.8, 4) is 5.75 Å². The molecule has 26 heavy (non-hydrogen) atoms. The number of ether oxygens (including phenoxy) is 1. The fourth-order valence-corrected chi connectivity index (χ4v) is 7.08. The molecule has 0 unspecified atom stereocenters. The molecular formula is C23H23OS2+. The van der Waals surface area contributed by atoms with Gasteiger partial charge in [-0.05, 0) is 41.3 Å². The Bertz CT molecular complexity index is 911. The van der Waals surface area contributed by atoms with Gasteiger partial charge < -0.3 is 4.74 Å². The van der Waals surface area contributed by atoms with Gasteiger partial charge in [0.05, 0.1) is 16.9 Å².